The monoisotopic (exact) mass is 485 g/mol. The number of aliphatic hydroxyl groups is 1. The summed E-state index contributed by atoms with van der Waals surface area (Å²) < 4.78 is 5.64. The van der Waals surface area contributed by atoms with Crippen LogP contribution in [0.5, 0.6) is 5.75 Å². The van der Waals surface area contributed by atoms with Gasteiger partial charge in [-0.1, -0.05) is 24.3 Å². The molecular weight excluding hydrogens is 458 g/mol. The standard InChI is InChI=1S/C27H27N5O4/c1-17(2)29-25(33)16-36-21-7-5-6-20(13-21)32-26(34)22-8-3-4-9-24(22)31(27(32)35)15-18-10-11-23-19(12-18)14-28-30-23/h3-14,17,27,35H,15-16H2,1-2H3,(H,28,30)(H,29,33). The topological polar surface area (TPSA) is 111 Å². The molecule has 9 heteroatoms. The van der Waals surface area contributed by atoms with E-state index < -0.39 is 6.35 Å². The molecule has 184 valence electrons. The highest BCUT2D eigenvalue weighted by Crippen LogP contribution is 2.35. The van der Waals surface area contributed by atoms with Crippen molar-refractivity contribution in [2.75, 3.05) is 16.4 Å². The van der Waals surface area contributed by atoms with Gasteiger partial charge in [-0.2, -0.15) is 5.10 Å². The number of nitrogens with one attached hydrogen (secondary N) is 2. The fourth-order valence-electron chi connectivity index (χ4n) is 4.34. The van der Waals surface area contributed by atoms with Crippen molar-refractivity contribution in [1.29, 1.82) is 0 Å². The molecule has 0 bridgehead atoms. The van der Waals surface area contributed by atoms with E-state index in [0.717, 1.165) is 16.5 Å². The van der Waals surface area contributed by atoms with Crippen molar-refractivity contribution in [3.05, 3.63) is 84.1 Å². The number of nitrogens with zero attached hydrogens (tertiary/aromatic N) is 3. The summed E-state index contributed by atoms with van der Waals surface area (Å²) in [4.78, 5) is 28.6. The van der Waals surface area contributed by atoms with Crippen LogP contribution in [-0.2, 0) is 11.3 Å². The quantitative estimate of drug-likeness (QED) is 0.370. The molecule has 1 aliphatic heterocycles. The zero-order valence-corrected chi connectivity index (χ0v) is 20.0. The Morgan fingerprint density at radius 3 is 2.81 bits per heavy atom. The van der Waals surface area contributed by atoms with E-state index in [4.69, 9.17) is 4.74 Å². The summed E-state index contributed by atoms with van der Waals surface area (Å²) >= 11 is 0. The number of ether oxygens (including phenoxy) is 1. The molecule has 0 aliphatic carbocycles. The van der Waals surface area contributed by atoms with Crippen LogP contribution in [0.25, 0.3) is 10.9 Å². The number of fused-ring (bicyclic) bond motifs is 2. The number of carbonyl (C=O) groups is 2. The molecule has 9 nitrogen and oxygen atoms in total. The second-order valence-electron chi connectivity index (χ2n) is 8.97. The molecule has 5 rings (SSSR count). The van der Waals surface area contributed by atoms with Gasteiger partial charge >= 0.3 is 0 Å². The number of aliphatic hydroxyl groups excluding tert-OH is 1. The number of carbonyl (C=O) groups excluding carboxylic acids is 2. The van der Waals surface area contributed by atoms with Crippen LogP contribution in [0.3, 0.4) is 0 Å². The minimum absolute atomic E-state index is 0.00817. The van der Waals surface area contributed by atoms with Gasteiger partial charge in [-0.15, -0.1) is 0 Å². The van der Waals surface area contributed by atoms with Gasteiger partial charge in [-0.3, -0.25) is 19.6 Å². The summed E-state index contributed by atoms with van der Waals surface area (Å²) in [6.07, 6.45) is 0.495. The lowest BCUT2D eigenvalue weighted by Crippen LogP contribution is -2.55. The highest BCUT2D eigenvalue weighted by atomic mass is 16.5. The number of para-hydroxylation sites is 1. The van der Waals surface area contributed by atoms with Crippen LogP contribution >= 0.6 is 0 Å². The lowest BCUT2D eigenvalue weighted by Gasteiger charge is -2.42. The number of amides is 2. The first kappa shape index (κ1) is 23.4. The Kier molecular flexibility index (Phi) is 6.30. The summed E-state index contributed by atoms with van der Waals surface area (Å²) in [5.41, 5.74) is 3.47. The Balaban J connectivity index is 1.44. The Hall–Kier alpha value is -4.37. The Morgan fingerprint density at radius 2 is 1.97 bits per heavy atom. The molecule has 2 heterocycles. The average molecular weight is 486 g/mol. The molecule has 3 N–H and O–H groups in total. The van der Waals surface area contributed by atoms with Crippen LogP contribution in [-0.4, -0.2) is 46.1 Å². The first-order valence-corrected chi connectivity index (χ1v) is 11.7. The molecule has 4 aromatic rings. The molecule has 0 fully saturated rings. The van der Waals surface area contributed by atoms with Crippen LogP contribution in [0.1, 0.15) is 29.8 Å². The zero-order valence-electron chi connectivity index (χ0n) is 20.0. The first-order chi connectivity index (χ1) is 17.4. The Labute approximate surface area is 208 Å². The van der Waals surface area contributed by atoms with Crippen molar-refractivity contribution >= 4 is 34.1 Å². The normalized spacial score (nSPS) is 15.3. The van der Waals surface area contributed by atoms with E-state index in [2.05, 4.69) is 15.5 Å². The predicted octanol–water partition coefficient (Wildman–Crippen LogP) is 3.41. The summed E-state index contributed by atoms with van der Waals surface area (Å²) in [6.45, 7) is 3.97. The Morgan fingerprint density at radius 1 is 1.14 bits per heavy atom. The number of rotatable bonds is 7. The third-order valence-corrected chi connectivity index (χ3v) is 5.95. The molecule has 0 saturated heterocycles. The van der Waals surface area contributed by atoms with Crippen LogP contribution in [0, 0.1) is 0 Å². The van der Waals surface area contributed by atoms with E-state index in [1.165, 1.54) is 4.90 Å². The van der Waals surface area contributed by atoms with Crippen molar-refractivity contribution in [3.8, 4) is 5.75 Å². The highest BCUT2D eigenvalue weighted by molar-refractivity contribution is 6.12. The van der Waals surface area contributed by atoms with Crippen molar-refractivity contribution < 1.29 is 19.4 Å². The van der Waals surface area contributed by atoms with E-state index in [-0.39, 0.29) is 24.5 Å². The van der Waals surface area contributed by atoms with Gasteiger partial charge in [0.25, 0.3) is 11.8 Å². The summed E-state index contributed by atoms with van der Waals surface area (Å²) in [6, 6.07) is 20.0. The second-order valence-corrected chi connectivity index (χ2v) is 8.97. The number of benzene rings is 3. The highest BCUT2D eigenvalue weighted by Gasteiger charge is 2.37. The van der Waals surface area contributed by atoms with Gasteiger partial charge < -0.3 is 20.1 Å². The first-order valence-electron chi connectivity index (χ1n) is 11.7. The summed E-state index contributed by atoms with van der Waals surface area (Å²) in [5, 5.41) is 22.2. The molecule has 36 heavy (non-hydrogen) atoms. The number of aromatic nitrogens is 2. The number of anilines is 2. The van der Waals surface area contributed by atoms with Gasteiger partial charge in [0.2, 0.25) is 6.35 Å². The van der Waals surface area contributed by atoms with E-state index in [9.17, 15) is 14.7 Å². The van der Waals surface area contributed by atoms with Gasteiger partial charge in [0, 0.05) is 24.0 Å². The molecule has 3 aromatic carbocycles. The van der Waals surface area contributed by atoms with Gasteiger partial charge in [0.15, 0.2) is 6.61 Å². The van der Waals surface area contributed by atoms with Crippen LogP contribution in [0.2, 0.25) is 0 Å². The number of H-pyrrole nitrogens is 1. The second kappa shape index (κ2) is 9.71. The van der Waals surface area contributed by atoms with Gasteiger partial charge in [0.1, 0.15) is 5.75 Å². The summed E-state index contributed by atoms with van der Waals surface area (Å²) in [5.74, 6) is -0.143. The number of hydrogen-bond acceptors (Lipinski definition) is 6. The third kappa shape index (κ3) is 4.60. The number of aromatic amines is 1. The van der Waals surface area contributed by atoms with E-state index in [0.29, 0.717) is 29.2 Å². The van der Waals surface area contributed by atoms with Crippen LogP contribution < -0.4 is 19.9 Å². The number of hydrogen-bond donors (Lipinski definition) is 3. The Bertz CT molecular complexity index is 1420. The summed E-state index contributed by atoms with van der Waals surface area (Å²) in [7, 11) is 0. The maximum absolute atomic E-state index is 13.5. The lowest BCUT2D eigenvalue weighted by atomic mass is 10.0. The van der Waals surface area contributed by atoms with Crippen molar-refractivity contribution in [2.24, 2.45) is 0 Å². The average Bonchev–Trinajstić information content (AvgIpc) is 3.33. The minimum atomic E-state index is -1.26. The lowest BCUT2D eigenvalue weighted by molar-refractivity contribution is -0.123. The van der Waals surface area contributed by atoms with E-state index in [1.54, 1.807) is 47.5 Å². The van der Waals surface area contributed by atoms with Crippen molar-refractivity contribution in [3.63, 3.8) is 0 Å². The minimum Gasteiger partial charge on any atom is -0.484 e. The molecule has 1 atom stereocenters. The predicted molar refractivity (Wildman–Crippen MR) is 137 cm³/mol. The smallest absolute Gasteiger partial charge is 0.263 e. The maximum Gasteiger partial charge on any atom is 0.263 e. The van der Waals surface area contributed by atoms with E-state index >= 15 is 0 Å². The molecule has 1 unspecified atom stereocenters. The zero-order chi connectivity index (χ0) is 25.2. The maximum atomic E-state index is 13.5. The van der Waals surface area contributed by atoms with Crippen LogP contribution in [0.15, 0.2) is 72.9 Å². The van der Waals surface area contributed by atoms with Crippen molar-refractivity contribution in [1.82, 2.24) is 15.5 Å². The molecule has 0 radical (unpaired) electrons. The van der Waals surface area contributed by atoms with Gasteiger partial charge in [-0.05, 0) is 55.8 Å². The van der Waals surface area contributed by atoms with Gasteiger partial charge in [0.05, 0.1) is 28.7 Å². The van der Waals surface area contributed by atoms with Crippen LogP contribution in [0.4, 0.5) is 11.4 Å². The molecule has 2 amide bonds. The molecule has 1 aromatic heterocycles. The molecular formula is C27H27N5O4. The third-order valence-electron chi connectivity index (χ3n) is 5.95. The fraction of sp³-hybridized carbons (Fsp3) is 0.222. The molecule has 1 aliphatic rings. The molecule has 0 spiro atoms. The largest absolute Gasteiger partial charge is 0.484 e. The molecule has 0 saturated carbocycles. The van der Waals surface area contributed by atoms with Gasteiger partial charge in [-0.25, -0.2) is 0 Å². The van der Waals surface area contributed by atoms with E-state index in [1.807, 2.05) is 44.2 Å². The fourth-order valence-corrected chi connectivity index (χ4v) is 4.34. The SMILES string of the molecule is CC(C)NC(=O)COc1cccc(N2C(=O)c3ccccc3N(Cc3ccc4[nH]ncc4c3)C2O)c1. The van der Waals surface area contributed by atoms with Crippen molar-refractivity contribution in [2.45, 2.75) is 32.8 Å².